The predicted molar refractivity (Wildman–Crippen MR) is 57.7 cm³/mol. The number of hydrogen-bond donors (Lipinski definition) is 3. The van der Waals surface area contributed by atoms with Gasteiger partial charge in [0.05, 0.1) is 7.11 Å². The van der Waals surface area contributed by atoms with Gasteiger partial charge in [-0.05, 0) is 0 Å². The van der Waals surface area contributed by atoms with E-state index < -0.39 is 41.1 Å². The Hall–Kier alpha value is -2.56. The molecule has 2 amide bonds. The van der Waals surface area contributed by atoms with Crippen LogP contribution in [-0.2, 0) is 6.18 Å². The van der Waals surface area contributed by atoms with E-state index in [1.165, 1.54) is 0 Å². The molecule has 0 aliphatic rings. The lowest BCUT2D eigenvalue weighted by Crippen LogP contribution is -2.32. The number of carbonyl (C=O) groups excluding carboxylic acids is 2. The largest absolute Gasteiger partial charge is 0.481 e. The van der Waals surface area contributed by atoms with Crippen molar-refractivity contribution in [2.24, 2.45) is 11.6 Å². The minimum atomic E-state index is -4.84. The Kier molecular flexibility index (Phi) is 4.34. The minimum absolute atomic E-state index is 0.362. The number of nitrogens with two attached hydrogens (primary N) is 2. The molecule has 0 saturated heterocycles. The zero-order chi connectivity index (χ0) is 15.5. The molecule has 0 aliphatic heterocycles. The molecule has 0 saturated carbocycles. The standard InChI is InChI=1S/C9H9F3N4O4/c1-19-7-3(9(10,11)12)2-4(20-8(13)18)5(15-7)6(17)16-14/h2H,14H2,1H3,(H2,13,18)(H,16,17). The normalized spacial score (nSPS) is 10.8. The van der Waals surface area contributed by atoms with Gasteiger partial charge in [0.25, 0.3) is 5.91 Å². The van der Waals surface area contributed by atoms with Crippen LogP contribution in [0.15, 0.2) is 6.07 Å². The van der Waals surface area contributed by atoms with Crippen molar-refractivity contribution in [3.05, 3.63) is 17.3 Å². The summed E-state index contributed by atoms with van der Waals surface area (Å²) in [5.41, 5.74) is 4.31. The summed E-state index contributed by atoms with van der Waals surface area (Å²) in [6.07, 6.45) is -6.26. The van der Waals surface area contributed by atoms with Crippen LogP contribution in [0.2, 0.25) is 0 Å². The first-order valence-corrected chi connectivity index (χ1v) is 4.85. The first-order valence-electron chi connectivity index (χ1n) is 4.85. The number of rotatable bonds is 3. The third kappa shape index (κ3) is 3.26. The maximum absolute atomic E-state index is 12.8. The SMILES string of the molecule is COc1nc(C(=O)NN)c(OC(N)=O)cc1C(F)(F)F. The second-order valence-corrected chi connectivity index (χ2v) is 3.28. The number of nitrogens with zero attached hydrogens (tertiary/aromatic N) is 1. The van der Waals surface area contributed by atoms with Crippen molar-refractivity contribution in [1.29, 1.82) is 0 Å². The fourth-order valence-corrected chi connectivity index (χ4v) is 1.25. The lowest BCUT2D eigenvalue weighted by molar-refractivity contribution is -0.139. The molecule has 0 aromatic carbocycles. The van der Waals surface area contributed by atoms with Crippen molar-refractivity contribution in [1.82, 2.24) is 10.4 Å². The minimum Gasteiger partial charge on any atom is -0.481 e. The van der Waals surface area contributed by atoms with Gasteiger partial charge in [-0.1, -0.05) is 0 Å². The van der Waals surface area contributed by atoms with E-state index in [1.807, 2.05) is 0 Å². The van der Waals surface area contributed by atoms with E-state index in [4.69, 9.17) is 11.6 Å². The number of halogens is 3. The molecule has 5 N–H and O–H groups in total. The molecule has 0 unspecified atom stereocenters. The van der Waals surface area contributed by atoms with Crippen LogP contribution in [0.1, 0.15) is 16.1 Å². The topological polar surface area (TPSA) is 130 Å². The van der Waals surface area contributed by atoms with Gasteiger partial charge in [-0.2, -0.15) is 13.2 Å². The first-order chi connectivity index (χ1) is 9.20. The first kappa shape index (κ1) is 15.5. The second-order valence-electron chi connectivity index (χ2n) is 3.28. The quantitative estimate of drug-likeness (QED) is 0.414. The molecule has 0 atom stereocenters. The summed E-state index contributed by atoms with van der Waals surface area (Å²) in [5, 5.41) is 0. The molecule has 8 nitrogen and oxygen atoms in total. The molecule has 0 radical (unpaired) electrons. The average Bonchev–Trinajstić information content (AvgIpc) is 2.35. The molecular formula is C9H9F3N4O4. The van der Waals surface area contributed by atoms with Gasteiger partial charge >= 0.3 is 12.3 Å². The number of carbonyl (C=O) groups is 2. The smallest absolute Gasteiger partial charge is 0.421 e. The van der Waals surface area contributed by atoms with Gasteiger partial charge in [0.2, 0.25) is 5.88 Å². The fourth-order valence-electron chi connectivity index (χ4n) is 1.25. The number of methoxy groups -OCH3 is 1. The number of alkyl halides is 3. The van der Waals surface area contributed by atoms with Gasteiger partial charge in [-0.15, -0.1) is 0 Å². The van der Waals surface area contributed by atoms with Gasteiger partial charge in [0.1, 0.15) is 5.56 Å². The van der Waals surface area contributed by atoms with Gasteiger partial charge in [0.15, 0.2) is 11.4 Å². The third-order valence-corrected chi connectivity index (χ3v) is 2.01. The van der Waals surface area contributed by atoms with Crippen LogP contribution in [0.4, 0.5) is 18.0 Å². The monoisotopic (exact) mass is 294 g/mol. The highest BCUT2D eigenvalue weighted by Crippen LogP contribution is 2.38. The summed E-state index contributed by atoms with van der Waals surface area (Å²) in [7, 11) is 0.927. The number of primary amides is 1. The van der Waals surface area contributed by atoms with Crippen molar-refractivity contribution in [2.45, 2.75) is 6.18 Å². The highest BCUT2D eigenvalue weighted by Gasteiger charge is 2.37. The van der Waals surface area contributed by atoms with Crippen LogP contribution in [-0.4, -0.2) is 24.1 Å². The lowest BCUT2D eigenvalue weighted by Gasteiger charge is -2.14. The Morgan fingerprint density at radius 3 is 2.40 bits per heavy atom. The van der Waals surface area contributed by atoms with Crippen molar-refractivity contribution >= 4 is 12.0 Å². The van der Waals surface area contributed by atoms with Crippen LogP contribution >= 0.6 is 0 Å². The Balaban J connectivity index is 3.52. The predicted octanol–water partition coefficient (Wildman–Crippen LogP) is 0.170. The second kappa shape index (κ2) is 5.61. The van der Waals surface area contributed by atoms with Crippen LogP contribution in [0.5, 0.6) is 11.6 Å². The van der Waals surface area contributed by atoms with E-state index >= 15 is 0 Å². The molecule has 0 bridgehead atoms. The fraction of sp³-hybridized carbons (Fsp3) is 0.222. The molecular weight excluding hydrogens is 285 g/mol. The number of amides is 2. The van der Waals surface area contributed by atoms with E-state index in [2.05, 4.69) is 14.5 Å². The van der Waals surface area contributed by atoms with E-state index in [0.29, 0.717) is 6.07 Å². The van der Waals surface area contributed by atoms with Gasteiger partial charge < -0.3 is 15.2 Å². The molecule has 11 heteroatoms. The number of aromatic nitrogens is 1. The molecule has 1 heterocycles. The number of nitrogens with one attached hydrogen (secondary N) is 1. The van der Waals surface area contributed by atoms with E-state index in [0.717, 1.165) is 7.11 Å². The maximum Gasteiger partial charge on any atom is 0.421 e. The molecule has 110 valence electrons. The van der Waals surface area contributed by atoms with Crippen LogP contribution in [0, 0.1) is 0 Å². The van der Waals surface area contributed by atoms with E-state index in [1.54, 1.807) is 5.43 Å². The zero-order valence-corrected chi connectivity index (χ0v) is 9.95. The summed E-state index contributed by atoms with van der Waals surface area (Å²) in [4.78, 5) is 25.3. The Labute approximate surface area is 109 Å². The third-order valence-electron chi connectivity index (χ3n) is 2.01. The summed E-state index contributed by atoms with van der Waals surface area (Å²) in [5.74, 6) is 2.08. The van der Waals surface area contributed by atoms with Crippen LogP contribution in [0.3, 0.4) is 0 Å². The number of hydrazine groups is 1. The molecule has 0 spiro atoms. The van der Waals surface area contributed by atoms with E-state index in [-0.39, 0.29) is 0 Å². The molecule has 20 heavy (non-hydrogen) atoms. The molecule has 0 fully saturated rings. The van der Waals surface area contributed by atoms with Crippen molar-refractivity contribution in [3.8, 4) is 11.6 Å². The summed E-state index contributed by atoms with van der Waals surface area (Å²) < 4.78 is 47.0. The Morgan fingerprint density at radius 1 is 1.40 bits per heavy atom. The summed E-state index contributed by atoms with van der Waals surface area (Å²) in [6, 6.07) is 0.362. The Bertz CT molecular complexity index is 547. The van der Waals surface area contributed by atoms with Crippen molar-refractivity contribution < 1.29 is 32.2 Å². The summed E-state index contributed by atoms with van der Waals surface area (Å²) in [6.45, 7) is 0. The lowest BCUT2D eigenvalue weighted by atomic mass is 10.2. The average molecular weight is 294 g/mol. The van der Waals surface area contributed by atoms with Crippen LogP contribution < -0.4 is 26.5 Å². The molecule has 1 aromatic rings. The van der Waals surface area contributed by atoms with Gasteiger partial charge in [0, 0.05) is 6.07 Å². The van der Waals surface area contributed by atoms with Crippen molar-refractivity contribution in [2.75, 3.05) is 7.11 Å². The van der Waals surface area contributed by atoms with Crippen molar-refractivity contribution in [3.63, 3.8) is 0 Å². The van der Waals surface area contributed by atoms with E-state index in [9.17, 15) is 22.8 Å². The highest BCUT2D eigenvalue weighted by atomic mass is 19.4. The van der Waals surface area contributed by atoms with Gasteiger partial charge in [-0.3, -0.25) is 10.2 Å². The Morgan fingerprint density at radius 2 is 2.00 bits per heavy atom. The molecule has 0 aliphatic carbocycles. The zero-order valence-electron chi connectivity index (χ0n) is 9.95. The van der Waals surface area contributed by atoms with Crippen LogP contribution in [0.25, 0.3) is 0 Å². The van der Waals surface area contributed by atoms with Gasteiger partial charge in [-0.25, -0.2) is 15.6 Å². The maximum atomic E-state index is 12.8. The number of hydrogen-bond acceptors (Lipinski definition) is 6. The highest BCUT2D eigenvalue weighted by molar-refractivity contribution is 5.95. The summed E-state index contributed by atoms with van der Waals surface area (Å²) >= 11 is 0. The number of ether oxygens (including phenoxy) is 2. The molecule has 1 rings (SSSR count). The number of nitrogen functional groups attached to an aromatic ring is 1. The number of pyridine rings is 1. The molecule has 1 aromatic heterocycles.